The van der Waals surface area contributed by atoms with E-state index in [2.05, 4.69) is 21.3 Å². The van der Waals surface area contributed by atoms with Crippen molar-refractivity contribution in [3.05, 3.63) is 0 Å². The van der Waals surface area contributed by atoms with E-state index in [1.165, 1.54) is 6.92 Å². The molecule has 6 atom stereocenters. The van der Waals surface area contributed by atoms with E-state index < -0.39 is 60.4 Å². The first-order valence-electron chi connectivity index (χ1n) is 10.3. The first-order chi connectivity index (χ1) is 14.5. The Hall–Kier alpha value is -2.73. The van der Waals surface area contributed by atoms with E-state index in [-0.39, 0.29) is 11.8 Å². The van der Waals surface area contributed by atoms with E-state index >= 15 is 0 Å². The standard InChI is InChI=1S/C19H33N5O7/c1-4-9(2)14(23-16(27)11-6-5-7-21-11)17(28)24-15(10(3)25)18(29)22-12(19(30)31)8-13(20)26/h9-12,14-15,21,25H,4-8H2,1-3H3,(H2,20,26)(H,22,29)(H,23,27)(H,24,28)(H,30,31). The molecule has 0 radical (unpaired) electrons. The number of aliphatic hydroxyl groups is 1. The second-order valence-corrected chi connectivity index (χ2v) is 7.82. The normalized spacial score (nSPS) is 20.6. The number of hydrogen-bond acceptors (Lipinski definition) is 7. The average molecular weight is 444 g/mol. The van der Waals surface area contributed by atoms with Crippen LogP contribution in [-0.4, -0.2) is 76.6 Å². The van der Waals surface area contributed by atoms with E-state index in [0.717, 1.165) is 6.42 Å². The highest BCUT2D eigenvalue weighted by Crippen LogP contribution is 2.11. The van der Waals surface area contributed by atoms with Crippen LogP contribution in [0.2, 0.25) is 0 Å². The first-order valence-corrected chi connectivity index (χ1v) is 10.3. The van der Waals surface area contributed by atoms with Crippen LogP contribution in [0.5, 0.6) is 0 Å². The third-order valence-corrected chi connectivity index (χ3v) is 5.25. The van der Waals surface area contributed by atoms with Crippen molar-refractivity contribution < 1.29 is 34.2 Å². The van der Waals surface area contributed by atoms with Crippen molar-refractivity contribution in [3.63, 3.8) is 0 Å². The van der Waals surface area contributed by atoms with Crippen LogP contribution in [-0.2, 0) is 24.0 Å². The molecule has 31 heavy (non-hydrogen) atoms. The van der Waals surface area contributed by atoms with Crippen molar-refractivity contribution in [1.29, 1.82) is 0 Å². The molecule has 1 aliphatic rings. The Morgan fingerprint density at radius 1 is 1.06 bits per heavy atom. The lowest BCUT2D eigenvalue weighted by Crippen LogP contribution is -2.61. The molecule has 0 aromatic carbocycles. The van der Waals surface area contributed by atoms with Gasteiger partial charge in [0.05, 0.1) is 18.6 Å². The van der Waals surface area contributed by atoms with Crippen LogP contribution < -0.4 is 27.0 Å². The molecule has 12 nitrogen and oxygen atoms in total. The van der Waals surface area contributed by atoms with Gasteiger partial charge in [0, 0.05) is 0 Å². The molecule has 0 aliphatic carbocycles. The summed E-state index contributed by atoms with van der Waals surface area (Å²) in [6.45, 7) is 5.55. The number of carboxylic acid groups (broad SMARTS) is 1. The summed E-state index contributed by atoms with van der Waals surface area (Å²) in [5.41, 5.74) is 4.99. The van der Waals surface area contributed by atoms with Gasteiger partial charge in [0.25, 0.3) is 0 Å². The predicted octanol–water partition coefficient (Wildman–Crippen LogP) is -2.42. The summed E-state index contributed by atoms with van der Waals surface area (Å²) in [4.78, 5) is 60.1. The second-order valence-electron chi connectivity index (χ2n) is 7.82. The van der Waals surface area contributed by atoms with Crippen LogP contribution in [0.1, 0.15) is 46.5 Å². The topological polar surface area (TPSA) is 200 Å². The van der Waals surface area contributed by atoms with Crippen LogP contribution in [0.25, 0.3) is 0 Å². The molecule has 0 bridgehead atoms. The quantitative estimate of drug-likeness (QED) is 0.173. The number of aliphatic carboxylic acids is 1. The van der Waals surface area contributed by atoms with Gasteiger partial charge in [-0.15, -0.1) is 0 Å². The molecule has 0 aromatic heterocycles. The number of carbonyl (C=O) groups excluding carboxylic acids is 4. The number of rotatable bonds is 12. The highest BCUT2D eigenvalue weighted by Gasteiger charge is 2.35. The Morgan fingerprint density at radius 2 is 1.68 bits per heavy atom. The molecule has 8 N–H and O–H groups in total. The zero-order valence-corrected chi connectivity index (χ0v) is 18.0. The van der Waals surface area contributed by atoms with Gasteiger partial charge in [-0.2, -0.15) is 0 Å². The zero-order chi connectivity index (χ0) is 23.7. The highest BCUT2D eigenvalue weighted by atomic mass is 16.4. The molecule has 0 spiro atoms. The summed E-state index contributed by atoms with van der Waals surface area (Å²) in [6.07, 6.45) is 0.0224. The minimum absolute atomic E-state index is 0.273. The Morgan fingerprint density at radius 3 is 2.13 bits per heavy atom. The Balaban J connectivity index is 2.91. The van der Waals surface area contributed by atoms with Gasteiger partial charge in [0.1, 0.15) is 18.1 Å². The number of carbonyl (C=O) groups is 5. The van der Waals surface area contributed by atoms with Crippen LogP contribution >= 0.6 is 0 Å². The predicted molar refractivity (Wildman–Crippen MR) is 109 cm³/mol. The molecular weight excluding hydrogens is 410 g/mol. The van der Waals surface area contributed by atoms with Crippen molar-refractivity contribution in [2.75, 3.05) is 6.54 Å². The summed E-state index contributed by atoms with van der Waals surface area (Å²) in [6, 6.07) is -4.48. The summed E-state index contributed by atoms with van der Waals surface area (Å²) in [5.74, 6) is -4.72. The van der Waals surface area contributed by atoms with Gasteiger partial charge >= 0.3 is 5.97 Å². The van der Waals surface area contributed by atoms with E-state index in [1.54, 1.807) is 6.92 Å². The third kappa shape index (κ3) is 8.13. The van der Waals surface area contributed by atoms with Gasteiger partial charge in [-0.25, -0.2) is 4.79 Å². The smallest absolute Gasteiger partial charge is 0.326 e. The van der Waals surface area contributed by atoms with Crippen molar-refractivity contribution in [2.24, 2.45) is 11.7 Å². The third-order valence-electron chi connectivity index (χ3n) is 5.25. The van der Waals surface area contributed by atoms with Crippen molar-refractivity contribution >= 4 is 29.6 Å². The zero-order valence-electron chi connectivity index (χ0n) is 18.0. The van der Waals surface area contributed by atoms with Gasteiger partial charge in [0.15, 0.2) is 0 Å². The maximum atomic E-state index is 12.9. The number of hydrogen-bond donors (Lipinski definition) is 7. The highest BCUT2D eigenvalue weighted by molar-refractivity contribution is 5.95. The van der Waals surface area contributed by atoms with Crippen molar-refractivity contribution in [3.8, 4) is 0 Å². The Kier molecular flexibility index (Phi) is 10.4. The molecule has 4 amide bonds. The fourth-order valence-corrected chi connectivity index (χ4v) is 3.18. The van der Waals surface area contributed by atoms with Crippen molar-refractivity contribution in [2.45, 2.75) is 76.7 Å². The average Bonchev–Trinajstić information content (AvgIpc) is 3.22. The Labute approximate surface area is 180 Å². The summed E-state index contributed by atoms with van der Waals surface area (Å²) in [7, 11) is 0. The molecule has 1 heterocycles. The fraction of sp³-hybridized carbons (Fsp3) is 0.737. The van der Waals surface area contributed by atoms with Crippen LogP contribution in [0, 0.1) is 5.92 Å². The van der Waals surface area contributed by atoms with Gasteiger partial charge in [-0.3, -0.25) is 19.2 Å². The monoisotopic (exact) mass is 443 g/mol. The van der Waals surface area contributed by atoms with Crippen LogP contribution in [0.4, 0.5) is 0 Å². The van der Waals surface area contributed by atoms with Crippen molar-refractivity contribution in [1.82, 2.24) is 21.3 Å². The lowest BCUT2D eigenvalue weighted by molar-refractivity contribution is -0.144. The fourth-order valence-electron chi connectivity index (χ4n) is 3.18. The minimum atomic E-state index is -1.61. The molecule has 0 aromatic rings. The van der Waals surface area contributed by atoms with Crippen LogP contribution in [0.3, 0.4) is 0 Å². The second kappa shape index (κ2) is 12.2. The minimum Gasteiger partial charge on any atom is -0.480 e. The molecule has 1 fully saturated rings. The Bertz CT molecular complexity index is 679. The van der Waals surface area contributed by atoms with E-state index in [1.807, 2.05) is 6.92 Å². The summed E-state index contributed by atoms with van der Waals surface area (Å²) >= 11 is 0. The lowest BCUT2D eigenvalue weighted by Gasteiger charge is -2.28. The first kappa shape index (κ1) is 26.3. The number of nitrogens with two attached hydrogens (primary N) is 1. The molecule has 12 heteroatoms. The number of carboxylic acids is 1. The molecule has 176 valence electrons. The SMILES string of the molecule is CCC(C)C(NC(=O)C1CCCN1)C(=O)NC(C(=O)NC(CC(N)=O)C(=O)O)C(C)O. The van der Waals surface area contributed by atoms with Gasteiger partial charge in [0.2, 0.25) is 23.6 Å². The number of primary amides is 1. The molecule has 6 unspecified atom stereocenters. The molecule has 1 rings (SSSR count). The van der Waals surface area contributed by atoms with E-state index in [0.29, 0.717) is 19.4 Å². The van der Waals surface area contributed by atoms with Gasteiger partial charge in [-0.05, 0) is 32.2 Å². The number of nitrogens with one attached hydrogen (secondary N) is 4. The molecule has 1 saturated heterocycles. The number of amides is 4. The lowest BCUT2D eigenvalue weighted by atomic mass is 9.97. The van der Waals surface area contributed by atoms with Gasteiger partial charge < -0.3 is 37.2 Å². The maximum Gasteiger partial charge on any atom is 0.326 e. The molecular formula is C19H33N5O7. The number of aliphatic hydroxyl groups excluding tert-OH is 1. The van der Waals surface area contributed by atoms with Crippen LogP contribution in [0.15, 0.2) is 0 Å². The summed E-state index contributed by atoms with van der Waals surface area (Å²) < 4.78 is 0. The molecule has 0 saturated carbocycles. The van der Waals surface area contributed by atoms with E-state index in [4.69, 9.17) is 10.8 Å². The van der Waals surface area contributed by atoms with Gasteiger partial charge in [-0.1, -0.05) is 20.3 Å². The summed E-state index contributed by atoms with van der Waals surface area (Å²) in [5, 5.41) is 29.3. The maximum absolute atomic E-state index is 12.9. The molecule has 1 aliphatic heterocycles. The van der Waals surface area contributed by atoms with E-state index in [9.17, 15) is 29.1 Å². The largest absolute Gasteiger partial charge is 0.480 e.